The van der Waals surface area contributed by atoms with Crippen LogP contribution in [-0.2, 0) is 13.6 Å². The van der Waals surface area contributed by atoms with Gasteiger partial charge in [-0.05, 0) is 0 Å². The summed E-state index contributed by atoms with van der Waals surface area (Å²) in [5.74, 6) is 0.911. The van der Waals surface area contributed by atoms with Crippen LogP contribution in [0.25, 0.3) is 16.2 Å². The van der Waals surface area contributed by atoms with E-state index in [4.69, 9.17) is 6.57 Å². The number of benzene rings is 1. The Balaban J connectivity index is 2.43. The molecule has 2 rings (SSSR count). The van der Waals surface area contributed by atoms with Gasteiger partial charge in [-0.2, -0.15) is 0 Å². The maximum Gasteiger partial charge on any atom is 0.256 e. The van der Waals surface area contributed by atoms with E-state index in [9.17, 15) is 0 Å². The summed E-state index contributed by atoms with van der Waals surface area (Å²) in [6.07, 6.45) is 1.76. The SMILES string of the molecule is [C-]#[N+]Cc1cnc(-c2ccccc2)n1C. The highest BCUT2D eigenvalue weighted by Crippen LogP contribution is 2.18. The third-order valence-electron chi connectivity index (χ3n) is 2.36. The summed E-state index contributed by atoms with van der Waals surface area (Å²) in [6.45, 7) is 7.22. The third-order valence-corrected chi connectivity index (χ3v) is 2.36. The lowest BCUT2D eigenvalue weighted by Gasteiger charge is -2.02. The molecule has 0 unspecified atom stereocenters. The van der Waals surface area contributed by atoms with Crippen molar-refractivity contribution in [2.24, 2.45) is 7.05 Å². The molecule has 0 aliphatic heterocycles. The summed E-state index contributed by atoms with van der Waals surface area (Å²) >= 11 is 0. The molecule has 74 valence electrons. The number of nitrogens with zero attached hydrogens (tertiary/aromatic N) is 3. The molecule has 0 radical (unpaired) electrons. The van der Waals surface area contributed by atoms with Crippen LogP contribution in [0.2, 0.25) is 0 Å². The molecule has 3 nitrogen and oxygen atoms in total. The molecule has 0 saturated heterocycles. The van der Waals surface area contributed by atoms with Crippen LogP contribution in [0.15, 0.2) is 36.5 Å². The molecule has 15 heavy (non-hydrogen) atoms. The van der Waals surface area contributed by atoms with Gasteiger partial charge in [-0.1, -0.05) is 30.3 Å². The van der Waals surface area contributed by atoms with Gasteiger partial charge < -0.3 is 9.41 Å². The van der Waals surface area contributed by atoms with E-state index in [2.05, 4.69) is 9.83 Å². The minimum Gasteiger partial charge on any atom is -0.325 e. The predicted molar refractivity (Wildman–Crippen MR) is 59.0 cm³/mol. The Labute approximate surface area is 88.8 Å². The van der Waals surface area contributed by atoms with E-state index >= 15 is 0 Å². The molecule has 2 aromatic rings. The highest BCUT2D eigenvalue weighted by Gasteiger charge is 2.09. The van der Waals surface area contributed by atoms with E-state index in [0.717, 1.165) is 17.1 Å². The summed E-state index contributed by atoms with van der Waals surface area (Å²) in [5, 5.41) is 0. The smallest absolute Gasteiger partial charge is 0.256 e. The Hall–Kier alpha value is -2.08. The average molecular weight is 197 g/mol. The summed E-state index contributed by atoms with van der Waals surface area (Å²) in [6, 6.07) is 9.98. The highest BCUT2D eigenvalue weighted by atomic mass is 15.1. The number of imidazole rings is 1. The van der Waals surface area contributed by atoms with Gasteiger partial charge in [0.15, 0.2) is 0 Å². The maximum absolute atomic E-state index is 6.83. The second-order valence-corrected chi connectivity index (χ2v) is 3.31. The van der Waals surface area contributed by atoms with E-state index in [1.165, 1.54) is 0 Å². The topological polar surface area (TPSA) is 22.2 Å². The molecular weight excluding hydrogens is 186 g/mol. The first-order valence-electron chi connectivity index (χ1n) is 4.72. The zero-order chi connectivity index (χ0) is 10.7. The van der Waals surface area contributed by atoms with Crippen LogP contribution >= 0.6 is 0 Å². The van der Waals surface area contributed by atoms with Crippen LogP contribution in [0.3, 0.4) is 0 Å². The normalized spacial score (nSPS) is 9.87. The van der Waals surface area contributed by atoms with Crippen molar-refractivity contribution in [3.05, 3.63) is 53.6 Å². The molecule has 1 aromatic carbocycles. The second kappa shape index (κ2) is 3.97. The second-order valence-electron chi connectivity index (χ2n) is 3.31. The largest absolute Gasteiger partial charge is 0.325 e. The maximum atomic E-state index is 6.83. The molecule has 0 spiro atoms. The summed E-state index contributed by atoms with van der Waals surface area (Å²) < 4.78 is 1.97. The minimum absolute atomic E-state index is 0.385. The molecule has 0 saturated carbocycles. The number of aromatic nitrogens is 2. The van der Waals surface area contributed by atoms with Crippen molar-refractivity contribution in [1.82, 2.24) is 9.55 Å². The van der Waals surface area contributed by atoms with Crippen molar-refractivity contribution >= 4 is 0 Å². The van der Waals surface area contributed by atoms with Gasteiger partial charge >= 0.3 is 0 Å². The molecule has 1 heterocycles. The van der Waals surface area contributed by atoms with Gasteiger partial charge in [0.25, 0.3) is 6.54 Å². The van der Waals surface area contributed by atoms with E-state index in [0.29, 0.717) is 6.54 Å². The Morgan fingerprint density at radius 2 is 2.07 bits per heavy atom. The molecule has 0 amide bonds. The summed E-state index contributed by atoms with van der Waals surface area (Å²) in [7, 11) is 1.94. The fourth-order valence-corrected chi connectivity index (χ4v) is 1.53. The number of hydrogen-bond donors (Lipinski definition) is 0. The lowest BCUT2D eigenvalue weighted by Crippen LogP contribution is -1.96. The zero-order valence-corrected chi connectivity index (χ0v) is 8.51. The van der Waals surface area contributed by atoms with E-state index in [1.807, 2.05) is 41.9 Å². The molecular formula is C12H11N3. The Morgan fingerprint density at radius 3 is 2.73 bits per heavy atom. The molecule has 1 aromatic heterocycles. The van der Waals surface area contributed by atoms with Crippen LogP contribution < -0.4 is 0 Å². The first kappa shape index (κ1) is 9.47. The standard InChI is InChI=1S/C12H11N3/c1-13-8-11-9-14-12(15(11)2)10-6-4-3-5-7-10/h3-7,9H,8H2,2H3. The molecule has 0 atom stereocenters. The van der Waals surface area contributed by atoms with E-state index < -0.39 is 0 Å². The minimum atomic E-state index is 0.385. The predicted octanol–water partition coefficient (Wildman–Crippen LogP) is 2.51. The summed E-state index contributed by atoms with van der Waals surface area (Å²) in [5.41, 5.74) is 2.03. The Morgan fingerprint density at radius 1 is 1.33 bits per heavy atom. The molecule has 0 aliphatic rings. The van der Waals surface area contributed by atoms with Gasteiger partial charge in [0, 0.05) is 12.6 Å². The van der Waals surface area contributed by atoms with Gasteiger partial charge in [0.05, 0.1) is 6.20 Å². The quantitative estimate of drug-likeness (QED) is 0.678. The van der Waals surface area contributed by atoms with Crippen LogP contribution in [0.4, 0.5) is 0 Å². The lowest BCUT2D eigenvalue weighted by molar-refractivity contribution is 0.860. The van der Waals surface area contributed by atoms with Gasteiger partial charge in [-0.15, -0.1) is 0 Å². The highest BCUT2D eigenvalue weighted by molar-refractivity contribution is 5.55. The zero-order valence-electron chi connectivity index (χ0n) is 8.51. The van der Waals surface area contributed by atoms with Crippen molar-refractivity contribution in [2.45, 2.75) is 6.54 Å². The Kier molecular flexibility index (Phi) is 2.51. The van der Waals surface area contributed by atoms with Crippen LogP contribution in [-0.4, -0.2) is 9.55 Å². The lowest BCUT2D eigenvalue weighted by atomic mass is 10.2. The monoisotopic (exact) mass is 197 g/mol. The van der Waals surface area contributed by atoms with Crippen LogP contribution in [0.1, 0.15) is 5.69 Å². The van der Waals surface area contributed by atoms with E-state index in [-0.39, 0.29) is 0 Å². The molecule has 0 N–H and O–H groups in total. The Bertz CT molecular complexity index is 491. The molecule has 0 fully saturated rings. The van der Waals surface area contributed by atoms with Crippen molar-refractivity contribution in [3.8, 4) is 11.4 Å². The fourth-order valence-electron chi connectivity index (χ4n) is 1.53. The van der Waals surface area contributed by atoms with Crippen molar-refractivity contribution in [1.29, 1.82) is 0 Å². The summed E-state index contributed by atoms with van der Waals surface area (Å²) in [4.78, 5) is 7.69. The van der Waals surface area contributed by atoms with Crippen LogP contribution in [0, 0.1) is 6.57 Å². The van der Waals surface area contributed by atoms with Gasteiger partial charge in [-0.3, -0.25) is 0 Å². The number of hydrogen-bond acceptors (Lipinski definition) is 1. The molecule has 0 aliphatic carbocycles. The third kappa shape index (κ3) is 1.75. The first-order valence-corrected chi connectivity index (χ1v) is 4.72. The number of rotatable bonds is 2. The van der Waals surface area contributed by atoms with Crippen molar-refractivity contribution in [2.75, 3.05) is 0 Å². The van der Waals surface area contributed by atoms with Crippen molar-refractivity contribution in [3.63, 3.8) is 0 Å². The average Bonchev–Trinajstić information content (AvgIpc) is 2.63. The molecule has 3 heteroatoms. The van der Waals surface area contributed by atoms with E-state index in [1.54, 1.807) is 6.20 Å². The van der Waals surface area contributed by atoms with Gasteiger partial charge in [0.2, 0.25) is 0 Å². The van der Waals surface area contributed by atoms with Gasteiger partial charge in [-0.25, -0.2) is 11.6 Å². The van der Waals surface area contributed by atoms with Crippen molar-refractivity contribution < 1.29 is 0 Å². The van der Waals surface area contributed by atoms with Gasteiger partial charge in [0.1, 0.15) is 11.5 Å². The molecule has 0 bridgehead atoms. The first-order chi connectivity index (χ1) is 7.33. The van der Waals surface area contributed by atoms with Crippen LogP contribution in [0.5, 0.6) is 0 Å². The fraction of sp³-hybridized carbons (Fsp3) is 0.167.